The summed E-state index contributed by atoms with van der Waals surface area (Å²) in [7, 11) is 0. The average molecular weight is 472 g/mol. The number of fused-ring (bicyclic) bond motifs is 1. The Labute approximate surface area is 199 Å². The maximum Gasteiger partial charge on any atom is 0.255 e. The van der Waals surface area contributed by atoms with E-state index in [4.69, 9.17) is 16.3 Å². The van der Waals surface area contributed by atoms with Crippen LogP contribution in [0.1, 0.15) is 41.8 Å². The van der Waals surface area contributed by atoms with Gasteiger partial charge < -0.3 is 20.7 Å². The highest BCUT2D eigenvalue weighted by atomic mass is 35.5. The minimum Gasteiger partial charge on any atom is -0.491 e. The van der Waals surface area contributed by atoms with Gasteiger partial charge in [0, 0.05) is 11.4 Å². The molecule has 0 saturated carbocycles. The number of halogens is 1. The summed E-state index contributed by atoms with van der Waals surface area (Å²) < 4.78 is 6.01. The number of ether oxygens (including phenoxy) is 1. The first-order chi connectivity index (χ1) is 15.7. The third-order valence-electron chi connectivity index (χ3n) is 5.39. The van der Waals surface area contributed by atoms with Gasteiger partial charge in [0.1, 0.15) is 18.4 Å². The van der Waals surface area contributed by atoms with Gasteiger partial charge in [-0.3, -0.25) is 14.4 Å². The maximum absolute atomic E-state index is 13.2. The number of hydrogen-bond acceptors (Lipinski definition) is 4. The summed E-state index contributed by atoms with van der Waals surface area (Å²) in [6.07, 6.45) is 0.955. The van der Waals surface area contributed by atoms with E-state index in [1.54, 1.807) is 12.1 Å². The summed E-state index contributed by atoms with van der Waals surface area (Å²) in [5, 5.41) is 8.79. The van der Waals surface area contributed by atoms with Crippen molar-refractivity contribution in [2.45, 2.75) is 45.7 Å². The Hall–Kier alpha value is -3.06. The molecule has 3 rings (SSSR count). The Bertz CT molecular complexity index is 1010. The molecule has 1 aliphatic heterocycles. The van der Waals surface area contributed by atoms with Crippen molar-refractivity contribution in [3.63, 3.8) is 0 Å². The molecule has 2 aromatic rings. The van der Waals surface area contributed by atoms with Crippen LogP contribution in [-0.2, 0) is 16.0 Å². The lowest BCUT2D eigenvalue weighted by Gasteiger charge is -2.22. The smallest absolute Gasteiger partial charge is 0.255 e. The fourth-order valence-corrected chi connectivity index (χ4v) is 3.91. The van der Waals surface area contributed by atoms with E-state index in [9.17, 15) is 14.4 Å². The molecule has 0 fully saturated rings. The second-order valence-electron chi connectivity index (χ2n) is 8.74. The molecule has 0 aromatic heterocycles. The minimum atomic E-state index is -0.882. The number of carbonyl (C=O) groups is 3. The van der Waals surface area contributed by atoms with Crippen LogP contribution in [0.5, 0.6) is 5.75 Å². The van der Waals surface area contributed by atoms with Crippen LogP contribution in [0.25, 0.3) is 0 Å². The standard InChI is InChI=1S/C25H30ClN3O4/c1-15(2)9-18-14-33-22-10-16(3)20(26)12-19(22)24(31)29-21(11-17-7-5-4-6-8-17)25(32)27-13-23(30)28-18/h4-8,10,12,15,18,21H,9,11,13-14H2,1-3H3,(H,27,32)(H,28,30)(H,29,31)/t18-,21+/m1/s1. The first-order valence-electron chi connectivity index (χ1n) is 11.1. The number of aryl methyl sites for hydroxylation is 1. The molecule has 0 radical (unpaired) electrons. The van der Waals surface area contributed by atoms with Crippen molar-refractivity contribution in [1.29, 1.82) is 0 Å². The van der Waals surface area contributed by atoms with Crippen LogP contribution in [0.2, 0.25) is 5.02 Å². The molecule has 2 aromatic carbocycles. The Morgan fingerprint density at radius 3 is 2.52 bits per heavy atom. The van der Waals surface area contributed by atoms with Gasteiger partial charge in [0.25, 0.3) is 5.91 Å². The topological polar surface area (TPSA) is 96.5 Å². The summed E-state index contributed by atoms with van der Waals surface area (Å²) in [6, 6.07) is 11.5. The summed E-state index contributed by atoms with van der Waals surface area (Å²) in [5.41, 5.74) is 1.88. The van der Waals surface area contributed by atoms with Crippen LogP contribution in [0.4, 0.5) is 0 Å². The monoisotopic (exact) mass is 471 g/mol. The third-order valence-corrected chi connectivity index (χ3v) is 5.80. The molecular formula is C25H30ClN3O4. The van der Waals surface area contributed by atoms with Gasteiger partial charge in [-0.2, -0.15) is 0 Å². The number of nitrogens with one attached hydrogen (secondary N) is 3. The zero-order chi connectivity index (χ0) is 24.0. The largest absolute Gasteiger partial charge is 0.491 e. The molecule has 8 heteroatoms. The molecular weight excluding hydrogens is 442 g/mol. The molecule has 7 nitrogen and oxygen atoms in total. The second kappa shape index (κ2) is 11.2. The quantitative estimate of drug-likeness (QED) is 0.638. The molecule has 0 unspecified atom stereocenters. The molecule has 1 aliphatic rings. The highest BCUT2D eigenvalue weighted by molar-refractivity contribution is 6.31. The first-order valence-corrected chi connectivity index (χ1v) is 11.5. The number of hydrogen-bond donors (Lipinski definition) is 3. The third kappa shape index (κ3) is 6.96. The summed E-state index contributed by atoms with van der Waals surface area (Å²) in [5.74, 6) is -0.552. The number of amides is 3. The number of rotatable bonds is 4. The van der Waals surface area contributed by atoms with E-state index in [0.717, 1.165) is 11.1 Å². The summed E-state index contributed by atoms with van der Waals surface area (Å²) in [6.45, 7) is 5.92. The highest BCUT2D eigenvalue weighted by Gasteiger charge is 2.26. The van der Waals surface area contributed by atoms with E-state index >= 15 is 0 Å². The Morgan fingerprint density at radius 1 is 1.09 bits per heavy atom. The average Bonchev–Trinajstić information content (AvgIpc) is 2.77. The number of benzene rings is 2. The van der Waals surface area contributed by atoms with E-state index in [2.05, 4.69) is 29.8 Å². The molecule has 3 N–H and O–H groups in total. The highest BCUT2D eigenvalue weighted by Crippen LogP contribution is 2.27. The predicted molar refractivity (Wildman–Crippen MR) is 127 cm³/mol. The first kappa shape index (κ1) is 24.6. The Balaban J connectivity index is 1.95. The molecule has 0 aliphatic carbocycles. The lowest BCUT2D eigenvalue weighted by molar-refractivity contribution is -0.127. The SMILES string of the molecule is Cc1cc2c(cc1Cl)C(=O)N[C@@H](Cc1ccccc1)C(=O)NCC(=O)N[C@H](CC(C)C)CO2. The lowest BCUT2D eigenvalue weighted by Crippen LogP contribution is -2.51. The van der Waals surface area contributed by atoms with Gasteiger partial charge >= 0.3 is 0 Å². The van der Waals surface area contributed by atoms with E-state index in [-0.39, 0.29) is 37.1 Å². The molecule has 2 atom stereocenters. The maximum atomic E-state index is 13.2. The van der Waals surface area contributed by atoms with Gasteiger partial charge in [0.2, 0.25) is 11.8 Å². The van der Waals surface area contributed by atoms with Crippen LogP contribution in [0.15, 0.2) is 42.5 Å². The van der Waals surface area contributed by atoms with E-state index in [0.29, 0.717) is 23.1 Å². The van der Waals surface area contributed by atoms with Gasteiger partial charge in [0.05, 0.1) is 18.2 Å². The summed E-state index contributed by atoms with van der Waals surface area (Å²) in [4.78, 5) is 38.7. The van der Waals surface area contributed by atoms with Crippen molar-refractivity contribution in [2.75, 3.05) is 13.2 Å². The van der Waals surface area contributed by atoms with Crippen molar-refractivity contribution in [1.82, 2.24) is 16.0 Å². The molecule has 0 spiro atoms. The van der Waals surface area contributed by atoms with Crippen molar-refractivity contribution < 1.29 is 19.1 Å². The molecule has 1 heterocycles. The Kier molecular flexibility index (Phi) is 8.33. The van der Waals surface area contributed by atoms with Gasteiger partial charge in [-0.05, 0) is 42.5 Å². The van der Waals surface area contributed by atoms with Crippen molar-refractivity contribution in [2.24, 2.45) is 5.92 Å². The van der Waals surface area contributed by atoms with Crippen LogP contribution < -0.4 is 20.7 Å². The Morgan fingerprint density at radius 2 is 1.82 bits per heavy atom. The van der Waals surface area contributed by atoms with Crippen LogP contribution >= 0.6 is 11.6 Å². The zero-order valence-corrected chi connectivity index (χ0v) is 19.9. The zero-order valence-electron chi connectivity index (χ0n) is 19.1. The lowest BCUT2D eigenvalue weighted by atomic mass is 10.0. The molecule has 33 heavy (non-hydrogen) atoms. The predicted octanol–water partition coefficient (Wildman–Crippen LogP) is 3.03. The van der Waals surface area contributed by atoms with Gasteiger partial charge in [-0.1, -0.05) is 55.8 Å². The van der Waals surface area contributed by atoms with Crippen LogP contribution in [0.3, 0.4) is 0 Å². The van der Waals surface area contributed by atoms with E-state index in [1.807, 2.05) is 37.3 Å². The van der Waals surface area contributed by atoms with Gasteiger partial charge in [0.15, 0.2) is 0 Å². The second-order valence-corrected chi connectivity index (χ2v) is 9.14. The molecule has 176 valence electrons. The normalized spacial score (nSPS) is 19.7. The van der Waals surface area contributed by atoms with Gasteiger partial charge in [-0.15, -0.1) is 0 Å². The van der Waals surface area contributed by atoms with Gasteiger partial charge in [-0.25, -0.2) is 0 Å². The van der Waals surface area contributed by atoms with Crippen molar-refractivity contribution in [3.05, 3.63) is 64.2 Å². The number of carbonyl (C=O) groups excluding carboxylic acids is 3. The van der Waals surface area contributed by atoms with Crippen molar-refractivity contribution >= 4 is 29.3 Å². The fraction of sp³-hybridized carbons (Fsp3) is 0.400. The summed E-state index contributed by atoms with van der Waals surface area (Å²) >= 11 is 6.30. The van der Waals surface area contributed by atoms with E-state index in [1.165, 1.54) is 0 Å². The molecule has 0 bridgehead atoms. The molecule has 0 saturated heterocycles. The van der Waals surface area contributed by atoms with Crippen molar-refractivity contribution in [3.8, 4) is 5.75 Å². The molecule has 3 amide bonds. The van der Waals surface area contributed by atoms with Crippen LogP contribution in [-0.4, -0.2) is 43.0 Å². The van der Waals surface area contributed by atoms with E-state index < -0.39 is 17.9 Å². The minimum absolute atomic E-state index is 0.187. The fourth-order valence-electron chi connectivity index (χ4n) is 3.74. The van der Waals surface area contributed by atoms with Crippen LogP contribution in [0, 0.1) is 12.8 Å².